The minimum absolute atomic E-state index is 0.345. The van der Waals surface area contributed by atoms with E-state index in [-0.39, 0.29) is 0 Å². The molecular weight excluding hydrogens is 172 g/mol. The summed E-state index contributed by atoms with van der Waals surface area (Å²) in [5.74, 6) is 0. The average molecular weight is 194 g/mol. The summed E-state index contributed by atoms with van der Waals surface area (Å²) in [5, 5.41) is 6.80. The third kappa shape index (κ3) is 3.86. The summed E-state index contributed by atoms with van der Waals surface area (Å²) in [4.78, 5) is 0. The highest BCUT2D eigenvalue weighted by Crippen LogP contribution is 2.21. The van der Waals surface area contributed by atoms with E-state index in [1.807, 2.05) is 6.92 Å². The van der Waals surface area contributed by atoms with Crippen molar-refractivity contribution in [3.63, 3.8) is 0 Å². The molecule has 0 radical (unpaired) electrons. The van der Waals surface area contributed by atoms with Crippen LogP contribution in [0.15, 0.2) is 24.6 Å². The van der Waals surface area contributed by atoms with Gasteiger partial charge in [0.05, 0.1) is 6.04 Å². The average Bonchev–Trinajstić information content (AvgIpc) is 2.86. The Hall–Kier alpha value is -0.920. The summed E-state index contributed by atoms with van der Waals surface area (Å²) in [6.07, 6.45) is 4.87. The van der Waals surface area contributed by atoms with Crippen molar-refractivity contribution >= 4 is 0 Å². The van der Waals surface area contributed by atoms with E-state index in [1.54, 1.807) is 0 Å². The molecule has 1 aliphatic carbocycles. The quantitative estimate of drug-likeness (QED) is 0.651. The van der Waals surface area contributed by atoms with Crippen molar-refractivity contribution in [2.24, 2.45) is 0 Å². The van der Waals surface area contributed by atoms with E-state index in [4.69, 9.17) is 0 Å². The van der Waals surface area contributed by atoms with Crippen LogP contribution in [0.25, 0.3) is 0 Å². The van der Waals surface area contributed by atoms with E-state index in [9.17, 15) is 0 Å². The molecule has 0 aromatic rings. The van der Waals surface area contributed by atoms with Gasteiger partial charge in [-0.3, -0.25) is 0 Å². The Bertz CT molecular complexity index is 216. The zero-order chi connectivity index (χ0) is 10.6. The Morgan fingerprint density at radius 3 is 2.50 bits per heavy atom. The van der Waals surface area contributed by atoms with E-state index in [0.29, 0.717) is 12.1 Å². The van der Waals surface area contributed by atoms with Crippen LogP contribution in [-0.4, -0.2) is 12.1 Å². The summed E-state index contributed by atoms with van der Waals surface area (Å²) in [6, 6.07) is 1.03. The van der Waals surface area contributed by atoms with E-state index in [2.05, 4.69) is 30.7 Å². The predicted molar refractivity (Wildman–Crippen MR) is 61.9 cm³/mol. The molecule has 2 heteroatoms. The molecular formula is C12H22N2. The highest BCUT2D eigenvalue weighted by atomic mass is 15.0. The van der Waals surface area contributed by atoms with Crippen molar-refractivity contribution < 1.29 is 0 Å². The molecule has 0 saturated heterocycles. The van der Waals surface area contributed by atoms with Crippen LogP contribution in [0.4, 0.5) is 0 Å². The van der Waals surface area contributed by atoms with Gasteiger partial charge in [-0.2, -0.15) is 0 Å². The molecule has 1 saturated carbocycles. The second-order valence-corrected chi connectivity index (χ2v) is 4.21. The van der Waals surface area contributed by atoms with Crippen molar-refractivity contribution in [2.45, 2.75) is 51.6 Å². The molecule has 1 aliphatic rings. The van der Waals surface area contributed by atoms with Crippen LogP contribution in [0.2, 0.25) is 0 Å². The number of hydrogen-bond donors (Lipinski definition) is 2. The van der Waals surface area contributed by atoms with Gasteiger partial charge in [-0.25, -0.2) is 0 Å². The molecule has 0 spiro atoms. The highest BCUT2D eigenvalue weighted by molar-refractivity contribution is 5.09. The van der Waals surface area contributed by atoms with Crippen LogP contribution in [0.1, 0.15) is 39.5 Å². The van der Waals surface area contributed by atoms with Crippen LogP contribution in [-0.2, 0) is 0 Å². The number of rotatable bonds is 7. The number of allylic oxidation sites excluding steroid dienone is 1. The van der Waals surface area contributed by atoms with Crippen molar-refractivity contribution in [1.29, 1.82) is 0 Å². The molecule has 1 fully saturated rings. The van der Waals surface area contributed by atoms with Gasteiger partial charge in [-0.15, -0.1) is 0 Å². The molecule has 0 heterocycles. The second-order valence-electron chi connectivity index (χ2n) is 4.21. The Morgan fingerprint density at radius 1 is 1.43 bits per heavy atom. The molecule has 0 aromatic heterocycles. The van der Waals surface area contributed by atoms with Gasteiger partial charge < -0.3 is 10.6 Å². The van der Waals surface area contributed by atoms with Crippen molar-refractivity contribution in [3.8, 4) is 0 Å². The number of hydrogen-bond acceptors (Lipinski definition) is 2. The van der Waals surface area contributed by atoms with Crippen LogP contribution in [0.5, 0.6) is 0 Å². The van der Waals surface area contributed by atoms with Crippen LogP contribution >= 0.6 is 0 Å². The van der Waals surface area contributed by atoms with Gasteiger partial charge in [0.1, 0.15) is 0 Å². The fourth-order valence-electron chi connectivity index (χ4n) is 1.51. The molecule has 0 amide bonds. The largest absolute Gasteiger partial charge is 0.384 e. The summed E-state index contributed by atoms with van der Waals surface area (Å²) in [7, 11) is 0. The Labute approximate surface area is 87.5 Å². The molecule has 2 nitrogen and oxygen atoms in total. The second kappa shape index (κ2) is 5.08. The third-order valence-corrected chi connectivity index (χ3v) is 2.39. The fourth-order valence-corrected chi connectivity index (χ4v) is 1.51. The first kappa shape index (κ1) is 11.2. The van der Waals surface area contributed by atoms with Gasteiger partial charge in [0, 0.05) is 17.4 Å². The maximum Gasteiger partial charge on any atom is 0.0650 e. The van der Waals surface area contributed by atoms with Gasteiger partial charge in [0.25, 0.3) is 0 Å². The molecule has 1 unspecified atom stereocenters. The molecule has 1 rings (SSSR count). The van der Waals surface area contributed by atoms with Crippen molar-refractivity contribution in [1.82, 2.24) is 10.6 Å². The lowest BCUT2D eigenvalue weighted by atomic mass is 10.1. The van der Waals surface area contributed by atoms with Gasteiger partial charge in [-0.1, -0.05) is 26.5 Å². The zero-order valence-electron chi connectivity index (χ0n) is 9.40. The SMILES string of the molecule is C=C(C)NC(CCC)C(=C)NC1CC1. The Morgan fingerprint density at radius 2 is 2.07 bits per heavy atom. The fraction of sp³-hybridized carbons (Fsp3) is 0.667. The lowest BCUT2D eigenvalue weighted by Gasteiger charge is -2.22. The van der Waals surface area contributed by atoms with E-state index >= 15 is 0 Å². The van der Waals surface area contributed by atoms with Gasteiger partial charge in [-0.05, 0) is 26.2 Å². The first-order chi connectivity index (χ1) is 6.63. The van der Waals surface area contributed by atoms with Crippen LogP contribution in [0.3, 0.4) is 0 Å². The highest BCUT2D eigenvalue weighted by Gasteiger charge is 2.23. The minimum atomic E-state index is 0.345. The maximum absolute atomic E-state index is 4.09. The molecule has 0 aromatic carbocycles. The molecule has 0 bridgehead atoms. The topological polar surface area (TPSA) is 24.1 Å². The Balaban J connectivity index is 2.37. The summed E-state index contributed by atoms with van der Waals surface area (Å²) in [6.45, 7) is 12.2. The summed E-state index contributed by atoms with van der Waals surface area (Å²) >= 11 is 0. The molecule has 2 N–H and O–H groups in total. The monoisotopic (exact) mass is 194 g/mol. The third-order valence-electron chi connectivity index (χ3n) is 2.39. The maximum atomic E-state index is 4.09. The number of nitrogens with one attached hydrogen (secondary N) is 2. The first-order valence-corrected chi connectivity index (χ1v) is 5.50. The van der Waals surface area contributed by atoms with Crippen LogP contribution in [0, 0.1) is 0 Å². The minimum Gasteiger partial charge on any atom is -0.384 e. The first-order valence-electron chi connectivity index (χ1n) is 5.50. The zero-order valence-corrected chi connectivity index (χ0v) is 9.40. The molecule has 14 heavy (non-hydrogen) atoms. The lowest BCUT2D eigenvalue weighted by molar-refractivity contribution is 0.544. The van der Waals surface area contributed by atoms with Crippen LogP contribution < -0.4 is 10.6 Å². The summed E-state index contributed by atoms with van der Waals surface area (Å²) in [5.41, 5.74) is 2.14. The molecule has 0 aliphatic heterocycles. The van der Waals surface area contributed by atoms with E-state index in [0.717, 1.165) is 24.2 Å². The van der Waals surface area contributed by atoms with Gasteiger partial charge in [0.15, 0.2) is 0 Å². The molecule has 80 valence electrons. The smallest absolute Gasteiger partial charge is 0.0650 e. The standard InChI is InChI=1S/C12H22N2/c1-5-6-12(13-9(2)3)10(4)14-11-7-8-11/h11-14H,2,4-8H2,1,3H3. The predicted octanol–water partition coefficient (Wildman–Crippen LogP) is 2.54. The van der Waals surface area contributed by atoms with E-state index < -0.39 is 0 Å². The lowest BCUT2D eigenvalue weighted by Crippen LogP contribution is -2.35. The molecule has 1 atom stereocenters. The summed E-state index contributed by atoms with van der Waals surface area (Å²) < 4.78 is 0. The van der Waals surface area contributed by atoms with E-state index in [1.165, 1.54) is 12.8 Å². The van der Waals surface area contributed by atoms with Crippen molar-refractivity contribution in [2.75, 3.05) is 0 Å². The van der Waals surface area contributed by atoms with Gasteiger partial charge in [0.2, 0.25) is 0 Å². The van der Waals surface area contributed by atoms with Gasteiger partial charge >= 0.3 is 0 Å². The Kier molecular flexibility index (Phi) is 4.05. The van der Waals surface area contributed by atoms with Crippen molar-refractivity contribution in [3.05, 3.63) is 24.6 Å². The normalized spacial score (nSPS) is 17.3.